The monoisotopic (exact) mass is 425 g/mol. The minimum absolute atomic E-state index is 0.114. The van der Waals surface area contributed by atoms with E-state index in [-0.39, 0.29) is 6.10 Å². The van der Waals surface area contributed by atoms with Gasteiger partial charge in [0.2, 0.25) is 0 Å². The molecule has 0 bridgehead atoms. The summed E-state index contributed by atoms with van der Waals surface area (Å²) < 4.78 is 11.7. The van der Waals surface area contributed by atoms with Crippen molar-refractivity contribution in [3.05, 3.63) is 52.7 Å². The van der Waals surface area contributed by atoms with Crippen molar-refractivity contribution in [2.24, 2.45) is 5.92 Å². The highest BCUT2D eigenvalue weighted by Crippen LogP contribution is 2.33. The summed E-state index contributed by atoms with van der Waals surface area (Å²) in [7, 11) is 1.81. The number of ether oxygens (including phenoxy) is 2. The van der Waals surface area contributed by atoms with Crippen LogP contribution < -0.4 is 0 Å². The number of aryl methyl sites for hydroxylation is 2. The minimum atomic E-state index is 0.114. The molecule has 2 aromatic rings. The van der Waals surface area contributed by atoms with E-state index in [1.165, 1.54) is 40.7 Å². The molecule has 1 aromatic carbocycles. The van der Waals surface area contributed by atoms with E-state index in [9.17, 15) is 0 Å². The maximum absolute atomic E-state index is 6.17. The van der Waals surface area contributed by atoms with Crippen molar-refractivity contribution in [3.8, 4) is 11.3 Å². The second kappa shape index (κ2) is 13.6. The number of pyridine rings is 1. The van der Waals surface area contributed by atoms with Crippen molar-refractivity contribution >= 4 is 0 Å². The van der Waals surface area contributed by atoms with Gasteiger partial charge in [-0.15, -0.1) is 0 Å². The predicted molar refractivity (Wildman–Crippen MR) is 132 cm³/mol. The van der Waals surface area contributed by atoms with Gasteiger partial charge in [-0.2, -0.15) is 0 Å². The summed E-state index contributed by atoms with van der Waals surface area (Å²) in [5.41, 5.74) is 7.82. The van der Waals surface area contributed by atoms with Crippen LogP contribution in [0.4, 0.5) is 0 Å². The maximum Gasteiger partial charge on any atom is 0.0842 e. The molecule has 0 N–H and O–H groups in total. The third-order valence-corrected chi connectivity index (χ3v) is 6.15. The Kier molecular flexibility index (Phi) is 11.2. The van der Waals surface area contributed by atoms with Crippen LogP contribution in [-0.4, -0.2) is 25.3 Å². The van der Waals surface area contributed by atoms with Gasteiger partial charge >= 0.3 is 0 Å². The van der Waals surface area contributed by atoms with E-state index >= 15 is 0 Å². The SMILES string of the molecule is CCCC(COC)Cc1cc(-c2c(CC)cccc2CC)ncc1C(CCC)OCC. The third kappa shape index (κ3) is 6.89. The zero-order valence-corrected chi connectivity index (χ0v) is 20.7. The van der Waals surface area contributed by atoms with E-state index in [2.05, 4.69) is 65.1 Å². The Morgan fingerprint density at radius 2 is 1.58 bits per heavy atom. The summed E-state index contributed by atoms with van der Waals surface area (Å²) in [6.45, 7) is 12.5. The van der Waals surface area contributed by atoms with Gasteiger partial charge in [-0.3, -0.25) is 4.98 Å². The van der Waals surface area contributed by atoms with Crippen molar-refractivity contribution in [1.29, 1.82) is 0 Å². The molecule has 0 aliphatic carbocycles. The topological polar surface area (TPSA) is 31.4 Å². The largest absolute Gasteiger partial charge is 0.384 e. The van der Waals surface area contributed by atoms with Gasteiger partial charge in [-0.1, -0.05) is 58.7 Å². The minimum Gasteiger partial charge on any atom is -0.384 e. The van der Waals surface area contributed by atoms with E-state index in [4.69, 9.17) is 14.5 Å². The molecule has 0 amide bonds. The number of hydrogen-bond acceptors (Lipinski definition) is 3. The van der Waals surface area contributed by atoms with Crippen molar-refractivity contribution in [1.82, 2.24) is 4.98 Å². The standard InChI is InChI=1S/C28H43NO2/c1-7-13-21(20-30-6)17-24-18-26(28-22(9-3)15-12-16-23(28)10-4)29-19-25(24)27(14-8-2)31-11-5/h12,15-16,18-19,21,27H,7-11,13-14,17,20H2,1-6H3. The highest BCUT2D eigenvalue weighted by molar-refractivity contribution is 5.69. The Morgan fingerprint density at radius 3 is 2.13 bits per heavy atom. The van der Waals surface area contributed by atoms with Gasteiger partial charge in [0.15, 0.2) is 0 Å². The average molecular weight is 426 g/mol. The van der Waals surface area contributed by atoms with E-state index in [0.717, 1.165) is 51.0 Å². The van der Waals surface area contributed by atoms with Gasteiger partial charge in [0.25, 0.3) is 0 Å². The van der Waals surface area contributed by atoms with Gasteiger partial charge in [-0.05, 0) is 67.7 Å². The molecule has 2 atom stereocenters. The lowest BCUT2D eigenvalue weighted by atomic mass is 9.88. The lowest BCUT2D eigenvalue weighted by molar-refractivity contribution is 0.0544. The van der Waals surface area contributed by atoms with Gasteiger partial charge in [0.1, 0.15) is 0 Å². The van der Waals surface area contributed by atoms with E-state index in [0.29, 0.717) is 5.92 Å². The zero-order valence-electron chi connectivity index (χ0n) is 20.7. The molecule has 1 aromatic heterocycles. The maximum atomic E-state index is 6.17. The number of rotatable bonds is 14. The molecule has 3 heteroatoms. The van der Waals surface area contributed by atoms with Gasteiger partial charge in [-0.25, -0.2) is 0 Å². The summed E-state index contributed by atoms with van der Waals surface area (Å²) >= 11 is 0. The molecule has 0 saturated carbocycles. The molecule has 1 heterocycles. The highest BCUT2D eigenvalue weighted by Gasteiger charge is 2.21. The Hall–Kier alpha value is -1.71. The second-order valence-electron chi connectivity index (χ2n) is 8.47. The molecule has 2 unspecified atom stereocenters. The first-order valence-corrected chi connectivity index (χ1v) is 12.3. The van der Waals surface area contributed by atoms with Gasteiger partial charge < -0.3 is 9.47 Å². The molecule has 31 heavy (non-hydrogen) atoms. The van der Waals surface area contributed by atoms with Crippen molar-refractivity contribution in [2.75, 3.05) is 20.3 Å². The van der Waals surface area contributed by atoms with Crippen LogP contribution in [-0.2, 0) is 28.7 Å². The quantitative estimate of drug-likeness (QED) is 0.317. The summed E-state index contributed by atoms with van der Waals surface area (Å²) in [4.78, 5) is 5.00. The molecular formula is C28H43NO2. The Bertz CT molecular complexity index is 752. The normalized spacial score (nSPS) is 13.4. The van der Waals surface area contributed by atoms with Crippen LogP contribution in [0.3, 0.4) is 0 Å². The first-order chi connectivity index (χ1) is 15.1. The molecule has 3 nitrogen and oxygen atoms in total. The number of hydrogen-bond donors (Lipinski definition) is 0. The number of nitrogens with zero attached hydrogens (tertiary/aromatic N) is 1. The summed E-state index contributed by atoms with van der Waals surface area (Å²) in [6, 6.07) is 9.02. The fraction of sp³-hybridized carbons (Fsp3) is 0.607. The smallest absolute Gasteiger partial charge is 0.0842 e. The Balaban J connectivity index is 2.59. The lowest BCUT2D eigenvalue weighted by Gasteiger charge is -2.24. The first-order valence-electron chi connectivity index (χ1n) is 12.3. The summed E-state index contributed by atoms with van der Waals surface area (Å²) in [5, 5.41) is 0. The summed E-state index contributed by atoms with van der Waals surface area (Å²) in [5.74, 6) is 0.514. The molecular weight excluding hydrogens is 382 g/mol. The lowest BCUT2D eigenvalue weighted by Crippen LogP contribution is -2.15. The number of aromatic nitrogens is 1. The van der Waals surface area contributed by atoms with E-state index in [1.54, 1.807) is 0 Å². The fourth-order valence-electron chi connectivity index (χ4n) is 4.67. The predicted octanol–water partition coefficient (Wildman–Crippen LogP) is 7.36. The summed E-state index contributed by atoms with van der Waals surface area (Å²) in [6.07, 6.45) is 9.72. The average Bonchev–Trinajstić information content (AvgIpc) is 2.78. The van der Waals surface area contributed by atoms with Gasteiger partial charge in [0, 0.05) is 37.6 Å². The molecule has 0 spiro atoms. The van der Waals surface area contributed by atoms with Crippen LogP contribution in [0.2, 0.25) is 0 Å². The number of methoxy groups -OCH3 is 1. The van der Waals surface area contributed by atoms with Crippen LogP contribution in [0.5, 0.6) is 0 Å². The van der Waals surface area contributed by atoms with Crippen LogP contribution in [0.1, 0.15) is 88.7 Å². The molecule has 2 rings (SSSR count). The van der Waals surface area contributed by atoms with Gasteiger partial charge in [0.05, 0.1) is 11.8 Å². The van der Waals surface area contributed by atoms with Crippen molar-refractivity contribution in [3.63, 3.8) is 0 Å². The zero-order chi connectivity index (χ0) is 22.6. The molecule has 172 valence electrons. The van der Waals surface area contributed by atoms with Crippen LogP contribution in [0.25, 0.3) is 11.3 Å². The highest BCUT2D eigenvalue weighted by atomic mass is 16.5. The molecule has 0 aliphatic heterocycles. The Labute approximate surface area is 190 Å². The van der Waals surface area contributed by atoms with Crippen molar-refractivity contribution in [2.45, 2.75) is 85.7 Å². The van der Waals surface area contributed by atoms with Crippen LogP contribution >= 0.6 is 0 Å². The molecule has 0 saturated heterocycles. The fourth-order valence-corrected chi connectivity index (χ4v) is 4.67. The number of benzene rings is 1. The van der Waals surface area contributed by atoms with Crippen LogP contribution in [0.15, 0.2) is 30.5 Å². The molecule has 0 aliphatic rings. The van der Waals surface area contributed by atoms with E-state index < -0.39 is 0 Å². The van der Waals surface area contributed by atoms with Crippen LogP contribution in [0, 0.1) is 5.92 Å². The second-order valence-corrected chi connectivity index (χ2v) is 8.47. The molecule has 0 radical (unpaired) electrons. The van der Waals surface area contributed by atoms with E-state index in [1.807, 2.05) is 7.11 Å². The van der Waals surface area contributed by atoms with Crippen molar-refractivity contribution < 1.29 is 9.47 Å². The third-order valence-electron chi connectivity index (χ3n) is 6.15. The Morgan fingerprint density at radius 1 is 0.903 bits per heavy atom. The molecule has 0 fully saturated rings. The first kappa shape index (κ1) is 25.5.